The van der Waals surface area contributed by atoms with Gasteiger partial charge < -0.3 is 4.74 Å². The summed E-state index contributed by atoms with van der Waals surface area (Å²) in [5.41, 5.74) is -0.0190. The summed E-state index contributed by atoms with van der Waals surface area (Å²) in [5, 5.41) is 10.8. The molecule has 0 aliphatic rings. The summed E-state index contributed by atoms with van der Waals surface area (Å²) in [5.74, 6) is 0.278. The van der Waals surface area contributed by atoms with E-state index in [2.05, 4.69) is 22.6 Å². The highest BCUT2D eigenvalue weighted by atomic mass is 127. The van der Waals surface area contributed by atoms with Crippen LogP contribution in [0, 0.1) is 13.7 Å². The first-order valence-corrected chi connectivity index (χ1v) is 7.25. The van der Waals surface area contributed by atoms with Crippen molar-refractivity contribution in [3.8, 4) is 5.75 Å². The van der Waals surface area contributed by atoms with Crippen molar-refractivity contribution in [1.82, 2.24) is 0 Å². The Morgan fingerprint density at radius 1 is 1.16 bits per heavy atom. The molecule has 2 aromatic rings. The second-order valence-electron chi connectivity index (χ2n) is 3.65. The maximum absolute atomic E-state index is 10.8. The molecule has 0 aromatic heterocycles. The van der Waals surface area contributed by atoms with Gasteiger partial charge in [-0.1, -0.05) is 11.8 Å². The summed E-state index contributed by atoms with van der Waals surface area (Å²) in [7, 11) is 1.43. The van der Waals surface area contributed by atoms with Gasteiger partial charge in [0.1, 0.15) is 0 Å². The number of hydrogen-bond acceptors (Lipinski definition) is 4. The van der Waals surface area contributed by atoms with Crippen LogP contribution in [-0.4, -0.2) is 12.0 Å². The van der Waals surface area contributed by atoms with Crippen LogP contribution in [0.5, 0.6) is 5.75 Å². The number of methoxy groups -OCH3 is 1. The molecule has 19 heavy (non-hydrogen) atoms. The van der Waals surface area contributed by atoms with Crippen LogP contribution in [-0.2, 0) is 0 Å². The van der Waals surface area contributed by atoms with E-state index in [4.69, 9.17) is 4.74 Å². The molecular weight excluding hydrogens is 377 g/mol. The van der Waals surface area contributed by atoms with Crippen LogP contribution in [0.3, 0.4) is 0 Å². The molecule has 0 spiro atoms. The SMILES string of the molecule is COc1cc(Sc2ccc(I)cc2)ccc1[N+](=O)[O-]. The van der Waals surface area contributed by atoms with Gasteiger partial charge in [-0.05, 0) is 52.9 Å². The molecule has 0 aliphatic heterocycles. The third-order valence-electron chi connectivity index (χ3n) is 2.40. The Labute approximate surface area is 128 Å². The van der Waals surface area contributed by atoms with Crippen molar-refractivity contribution in [2.45, 2.75) is 9.79 Å². The molecule has 0 unspecified atom stereocenters. The average molecular weight is 387 g/mol. The second kappa shape index (κ2) is 6.25. The molecule has 0 atom stereocenters. The smallest absolute Gasteiger partial charge is 0.310 e. The number of nitro groups is 1. The summed E-state index contributed by atoms with van der Waals surface area (Å²) < 4.78 is 6.22. The number of nitro benzene ring substituents is 1. The van der Waals surface area contributed by atoms with Crippen LogP contribution in [0.2, 0.25) is 0 Å². The Bertz CT molecular complexity index is 601. The minimum absolute atomic E-state index is 0.0190. The molecule has 0 fully saturated rings. The number of rotatable bonds is 4. The van der Waals surface area contributed by atoms with E-state index in [1.54, 1.807) is 23.9 Å². The van der Waals surface area contributed by atoms with Gasteiger partial charge in [-0.3, -0.25) is 10.1 Å². The third kappa shape index (κ3) is 3.60. The van der Waals surface area contributed by atoms with Crippen LogP contribution in [0.25, 0.3) is 0 Å². The molecule has 0 amide bonds. The monoisotopic (exact) mass is 387 g/mol. The Hall–Kier alpha value is -1.28. The first kappa shape index (κ1) is 14.1. The predicted molar refractivity (Wildman–Crippen MR) is 82.9 cm³/mol. The maximum atomic E-state index is 10.8. The van der Waals surface area contributed by atoms with Gasteiger partial charge in [0.2, 0.25) is 0 Å². The molecular formula is C13H10INO3S. The lowest BCUT2D eigenvalue weighted by Gasteiger charge is -2.05. The molecule has 2 rings (SSSR count). The molecule has 0 saturated heterocycles. The molecule has 0 aliphatic carbocycles. The Morgan fingerprint density at radius 2 is 1.79 bits per heavy atom. The van der Waals surface area contributed by atoms with Gasteiger partial charge in [0.25, 0.3) is 0 Å². The summed E-state index contributed by atoms with van der Waals surface area (Å²) in [6, 6.07) is 12.9. The van der Waals surface area contributed by atoms with Crippen molar-refractivity contribution in [3.05, 3.63) is 56.1 Å². The number of hydrogen-bond donors (Lipinski definition) is 0. The molecule has 6 heteroatoms. The maximum Gasteiger partial charge on any atom is 0.310 e. The highest BCUT2D eigenvalue weighted by Crippen LogP contribution is 2.35. The fourth-order valence-corrected chi connectivity index (χ4v) is 2.72. The van der Waals surface area contributed by atoms with Gasteiger partial charge in [-0.2, -0.15) is 0 Å². The molecule has 98 valence electrons. The van der Waals surface area contributed by atoms with Crippen LogP contribution in [0.1, 0.15) is 0 Å². The Balaban J connectivity index is 2.26. The molecule has 4 nitrogen and oxygen atoms in total. The molecule has 0 saturated carbocycles. The van der Waals surface area contributed by atoms with Crippen LogP contribution in [0.4, 0.5) is 5.69 Å². The Kier molecular flexibility index (Phi) is 4.65. The third-order valence-corrected chi connectivity index (χ3v) is 4.11. The van der Waals surface area contributed by atoms with Crippen molar-refractivity contribution < 1.29 is 9.66 Å². The molecule has 0 bridgehead atoms. The van der Waals surface area contributed by atoms with Crippen molar-refractivity contribution in [1.29, 1.82) is 0 Å². The minimum atomic E-state index is -0.446. The minimum Gasteiger partial charge on any atom is -0.490 e. The highest BCUT2D eigenvalue weighted by molar-refractivity contribution is 14.1. The van der Waals surface area contributed by atoms with E-state index < -0.39 is 4.92 Å². The van der Waals surface area contributed by atoms with Gasteiger partial charge in [-0.15, -0.1) is 0 Å². The van der Waals surface area contributed by atoms with E-state index in [0.717, 1.165) is 9.79 Å². The van der Waals surface area contributed by atoms with Gasteiger partial charge >= 0.3 is 5.69 Å². The summed E-state index contributed by atoms with van der Waals surface area (Å²) in [4.78, 5) is 12.3. The average Bonchev–Trinajstić information content (AvgIpc) is 2.41. The van der Waals surface area contributed by atoms with Gasteiger partial charge in [0, 0.05) is 25.5 Å². The van der Waals surface area contributed by atoms with Gasteiger partial charge in [0.15, 0.2) is 5.75 Å². The fraction of sp³-hybridized carbons (Fsp3) is 0.0769. The number of halogens is 1. The van der Waals surface area contributed by atoms with E-state index in [9.17, 15) is 10.1 Å². The fourth-order valence-electron chi connectivity index (χ4n) is 1.51. The Morgan fingerprint density at radius 3 is 2.37 bits per heavy atom. The van der Waals surface area contributed by atoms with Gasteiger partial charge in [-0.25, -0.2) is 0 Å². The van der Waals surface area contributed by atoms with E-state index in [-0.39, 0.29) is 11.4 Å². The second-order valence-corrected chi connectivity index (χ2v) is 6.04. The standard InChI is InChI=1S/C13H10INO3S/c1-18-13-8-11(6-7-12(13)15(16)17)19-10-4-2-9(14)3-5-10/h2-8H,1H3. The quantitative estimate of drug-likeness (QED) is 0.445. The first-order valence-electron chi connectivity index (χ1n) is 5.36. The van der Waals surface area contributed by atoms with Gasteiger partial charge in [0.05, 0.1) is 12.0 Å². The first-order chi connectivity index (χ1) is 9.10. The number of nitrogens with zero attached hydrogens (tertiary/aromatic N) is 1. The molecule has 0 heterocycles. The van der Waals surface area contributed by atoms with Crippen LogP contribution >= 0.6 is 34.4 Å². The summed E-state index contributed by atoms with van der Waals surface area (Å²) >= 11 is 3.79. The molecule has 2 aromatic carbocycles. The van der Waals surface area contributed by atoms with E-state index in [1.165, 1.54) is 16.7 Å². The topological polar surface area (TPSA) is 52.4 Å². The van der Waals surface area contributed by atoms with E-state index in [1.807, 2.05) is 24.3 Å². The zero-order chi connectivity index (χ0) is 13.8. The normalized spacial score (nSPS) is 10.2. The largest absolute Gasteiger partial charge is 0.490 e. The van der Waals surface area contributed by atoms with E-state index in [0.29, 0.717) is 0 Å². The van der Waals surface area contributed by atoms with Crippen molar-refractivity contribution in [3.63, 3.8) is 0 Å². The lowest BCUT2D eigenvalue weighted by Crippen LogP contribution is -1.93. The van der Waals surface area contributed by atoms with Crippen molar-refractivity contribution >= 4 is 40.0 Å². The van der Waals surface area contributed by atoms with Crippen molar-refractivity contribution in [2.75, 3.05) is 7.11 Å². The lowest BCUT2D eigenvalue weighted by atomic mass is 10.3. The predicted octanol–water partition coefficient (Wildman–Crippen LogP) is 4.36. The summed E-state index contributed by atoms with van der Waals surface area (Å²) in [6.45, 7) is 0. The zero-order valence-corrected chi connectivity index (χ0v) is 13.0. The number of benzene rings is 2. The highest BCUT2D eigenvalue weighted by Gasteiger charge is 2.14. The zero-order valence-electron chi connectivity index (χ0n) is 10.00. The van der Waals surface area contributed by atoms with Crippen LogP contribution in [0.15, 0.2) is 52.3 Å². The van der Waals surface area contributed by atoms with Crippen molar-refractivity contribution in [2.24, 2.45) is 0 Å². The number of ether oxygens (including phenoxy) is 1. The lowest BCUT2D eigenvalue weighted by molar-refractivity contribution is -0.385. The summed E-state index contributed by atoms with van der Waals surface area (Å²) in [6.07, 6.45) is 0. The molecule has 0 N–H and O–H groups in total. The van der Waals surface area contributed by atoms with Crippen LogP contribution < -0.4 is 4.74 Å². The molecule has 0 radical (unpaired) electrons. The van der Waals surface area contributed by atoms with E-state index >= 15 is 0 Å².